The van der Waals surface area contributed by atoms with Gasteiger partial charge < -0.3 is 19.5 Å². The number of anilines is 1. The number of nitrogens with one attached hydrogen (secondary N) is 1. The zero-order valence-electron chi connectivity index (χ0n) is 13.5. The van der Waals surface area contributed by atoms with Crippen LogP contribution < -0.4 is 14.8 Å². The Morgan fingerprint density at radius 3 is 2.52 bits per heavy atom. The predicted molar refractivity (Wildman–Crippen MR) is 89.9 cm³/mol. The highest BCUT2D eigenvalue weighted by Gasteiger charge is 2.16. The summed E-state index contributed by atoms with van der Waals surface area (Å²) in [5.74, 6) is -1.73. The van der Waals surface area contributed by atoms with Gasteiger partial charge in [0.25, 0.3) is 5.91 Å². The molecule has 0 unspecified atom stereocenters. The van der Waals surface area contributed by atoms with E-state index in [1.165, 1.54) is 32.4 Å². The second-order valence-electron chi connectivity index (χ2n) is 4.81. The summed E-state index contributed by atoms with van der Waals surface area (Å²) in [6.07, 6.45) is 0. The van der Waals surface area contributed by atoms with Gasteiger partial charge in [0.05, 0.1) is 25.5 Å². The van der Waals surface area contributed by atoms with Crippen LogP contribution >= 0.6 is 11.6 Å². The number of amides is 1. The van der Waals surface area contributed by atoms with Crippen molar-refractivity contribution in [1.82, 2.24) is 0 Å². The number of methoxy groups -OCH3 is 2. The highest BCUT2D eigenvalue weighted by atomic mass is 35.5. The first-order valence-electron chi connectivity index (χ1n) is 7.08. The van der Waals surface area contributed by atoms with Gasteiger partial charge in [-0.05, 0) is 30.3 Å². The Morgan fingerprint density at radius 1 is 1.12 bits per heavy atom. The van der Waals surface area contributed by atoms with Crippen molar-refractivity contribution in [2.75, 3.05) is 26.1 Å². The molecule has 0 aliphatic rings. The van der Waals surface area contributed by atoms with Crippen LogP contribution in [0.4, 0.5) is 10.1 Å². The summed E-state index contributed by atoms with van der Waals surface area (Å²) in [5.41, 5.74) is 0.0283. The van der Waals surface area contributed by atoms with Gasteiger partial charge in [-0.3, -0.25) is 4.79 Å². The van der Waals surface area contributed by atoms with Crippen LogP contribution in [0, 0.1) is 5.82 Å². The molecular formula is C17H15ClFNO5. The molecule has 0 aromatic heterocycles. The van der Waals surface area contributed by atoms with Crippen molar-refractivity contribution < 1.29 is 28.2 Å². The fourth-order valence-corrected chi connectivity index (χ4v) is 2.13. The second-order valence-corrected chi connectivity index (χ2v) is 5.25. The molecule has 1 N–H and O–H groups in total. The summed E-state index contributed by atoms with van der Waals surface area (Å²) in [6, 6.07) is 8.35. The minimum absolute atomic E-state index is 0.264. The smallest absolute Gasteiger partial charge is 0.341 e. The van der Waals surface area contributed by atoms with Crippen LogP contribution in [0.2, 0.25) is 5.02 Å². The van der Waals surface area contributed by atoms with E-state index >= 15 is 0 Å². The number of esters is 1. The number of carbonyl (C=O) groups excluding carboxylic acids is 2. The third kappa shape index (κ3) is 4.84. The van der Waals surface area contributed by atoms with E-state index in [2.05, 4.69) is 5.32 Å². The number of ether oxygens (including phenoxy) is 3. The molecule has 2 rings (SSSR count). The van der Waals surface area contributed by atoms with E-state index in [4.69, 9.17) is 25.8 Å². The monoisotopic (exact) mass is 367 g/mol. The Labute approximate surface area is 148 Å². The third-order valence-electron chi connectivity index (χ3n) is 3.17. The molecule has 1 amide bonds. The van der Waals surface area contributed by atoms with Crippen molar-refractivity contribution in [3.05, 3.63) is 52.8 Å². The summed E-state index contributed by atoms with van der Waals surface area (Å²) in [6.45, 7) is -0.597. The summed E-state index contributed by atoms with van der Waals surface area (Å²) in [5, 5.41) is 2.90. The van der Waals surface area contributed by atoms with Gasteiger partial charge in [0.15, 0.2) is 6.61 Å². The summed E-state index contributed by atoms with van der Waals surface area (Å²) < 4.78 is 28.5. The van der Waals surface area contributed by atoms with Crippen LogP contribution in [-0.2, 0) is 9.53 Å². The van der Waals surface area contributed by atoms with Crippen molar-refractivity contribution in [3.8, 4) is 11.5 Å². The molecule has 0 atom stereocenters. The number of benzene rings is 2. The summed E-state index contributed by atoms with van der Waals surface area (Å²) in [7, 11) is 2.81. The number of carbonyl (C=O) groups is 2. The Balaban J connectivity index is 1.98. The molecular weight excluding hydrogens is 353 g/mol. The van der Waals surface area contributed by atoms with Crippen molar-refractivity contribution in [2.24, 2.45) is 0 Å². The number of halogens is 2. The molecule has 0 spiro atoms. The van der Waals surface area contributed by atoms with E-state index in [-0.39, 0.29) is 11.3 Å². The molecule has 0 aliphatic carbocycles. The van der Waals surface area contributed by atoms with E-state index in [0.717, 1.165) is 6.07 Å². The largest absolute Gasteiger partial charge is 0.497 e. The van der Waals surface area contributed by atoms with Gasteiger partial charge >= 0.3 is 5.97 Å². The SMILES string of the molecule is COc1ccc(C(=O)OCC(=O)Nc2cc(Cl)ccc2OC)c(F)c1. The first-order valence-corrected chi connectivity index (χ1v) is 7.46. The molecule has 0 heterocycles. The van der Waals surface area contributed by atoms with Crippen LogP contribution in [-0.4, -0.2) is 32.7 Å². The van der Waals surface area contributed by atoms with Crippen molar-refractivity contribution in [1.29, 1.82) is 0 Å². The zero-order valence-corrected chi connectivity index (χ0v) is 14.2. The van der Waals surface area contributed by atoms with Gasteiger partial charge in [-0.15, -0.1) is 0 Å². The lowest BCUT2D eigenvalue weighted by Crippen LogP contribution is -2.21. The van der Waals surface area contributed by atoms with Crippen molar-refractivity contribution >= 4 is 29.2 Å². The van der Waals surface area contributed by atoms with Crippen LogP contribution in [0.1, 0.15) is 10.4 Å². The van der Waals surface area contributed by atoms with E-state index in [0.29, 0.717) is 16.5 Å². The van der Waals surface area contributed by atoms with Crippen molar-refractivity contribution in [2.45, 2.75) is 0 Å². The lowest BCUT2D eigenvalue weighted by Gasteiger charge is -2.11. The van der Waals surface area contributed by atoms with Crippen molar-refractivity contribution in [3.63, 3.8) is 0 Å². The zero-order chi connectivity index (χ0) is 18.4. The number of hydrogen-bond donors (Lipinski definition) is 1. The van der Waals surface area contributed by atoms with E-state index in [1.54, 1.807) is 12.1 Å². The molecule has 0 saturated carbocycles. The molecule has 0 aliphatic heterocycles. The van der Waals surface area contributed by atoms with Gasteiger partial charge in [0.1, 0.15) is 17.3 Å². The number of rotatable bonds is 6. The Morgan fingerprint density at radius 2 is 1.88 bits per heavy atom. The minimum atomic E-state index is -0.964. The van der Waals surface area contributed by atoms with Gasteiger partial charge in [-0.25, -0.2) is 9.18 Å². The van der Waals surface area contributed by atoms with Gasteiger partial charge in [-0.1, -0.05) is 11.6 Å². The van der Waals surface area contributed by atoms with Crippen LogP contribution in [0.3, 0.4) is 0 Å². The third-order valence-corrected chi connectivity index (χ3v) is 3.40. The first-order chi connectivity index (χ1) is 11.9. The Bertz CT molecular complexity index is 797. The summed E-state index contributed by atoms with van der Waals surface area (Å²) >= 11 is 5.86. The van der Waals surface area contributed by atoms with Gasteiger partial charge in [0.2, 0.25) is 0 Å². The predicted octanol–water partition coefficient (Wildman–Crippen LogP) is 3.29. The lowest BCUT2D eigenvalue weighted by molar-refractivity contribution is -0.119. The average Bonchev–Trinajstić information content (AvgIpc) is 2.59. The van der Waals surface area contributed by atoms with Gasteiger partial charge in [0, 0.05) is 11.1 Å². The first kappa shape index (κ1) is 18.5. The minimum Gasteiger partial charge on any atom is -0.497 e. The fourth-order valence-electron chi connectivity index (χ4n) is 1.96. The molecule has 0 saturated heterocycles. The maximum Gasteiger partial charge on any atom is 0.341 e. The number of hydrogen-bond acceptors (Lipinski definition) is 5. The molecule has 2 aromatic carbocycles. The molecule has 0 bridgehead atoms. The fraction of sp³-hybridized carbons (Fsp3) is 0.176. The lowest BCUT2D eigenvalue weighted by atomic mass is 10.2. The standard InChI is InChI=1S/C17H15ClFNO5/c1-23-11-4-5-12(13(19)8-11)17(22)25-9-16(21)20-14-7-10(18)3-6-15(14)24-2/h3-8H,9H2,1-2H3,(H,20,21). The summed E-state index contributed by atoms with van der Waals surface area (Å²) in [4.78, 5) is 23.8. The Hall–Kier alpha value is -2.80. The van der Waals surface area contributed by atoms with E-state index < -0.39 is 24.3 Å². The molecule has 2 aromatic rings. The van der Waals surface area contributed by atoms with Crippen LogP contribution in [0.25, 0.3) is 0 Å². The van der Waals surface area contributed by atoms with Crippen LogP contribution in [0.5, 0.6) is 11.5 Å². The molecule has 132 valence electrons. The highest BCUT2D eigenvalue weighted by Crippen LogP contribution is 2.27. The Kier molecular flexibility index (Phi) is 6.19. The molecule has 0 radical (unpaired) electrons. The normalized spacial score (nSPS) is 10.1. The van der Waals surface area contributed by atoms with E-state index in [9.17, 15) is 14.0 Å². The second kappa shape index (κ2) is 8.34. The van der Waals surface area contributed by atoms with Gasteiger partial charge in [-0.2, -0.15) is 0 Å². The van der Waals surface area contributed by atoms with Crippen LogP contribution in [0.15, 0.2) is 36.4 Å². The average molecular weight is 368 g/mol. The molecule has 6 nitrogen and oxygen atoms in total. The maximum atomic E-state index is 13.8. The topological polar surface area (TPSA) is 73.9 Å². The molecule has 0 fully saturated rings. The quantitative estimate of drug-likeness (QED) is 0.793. The maximum absolute atomic E-state index is 13.8. The molecule has 25 heavy (non-hydrogen) atoms. The molecule has 8 heteroatoms. The highest BCUT2D eigenvalue weighted by molar-refractivity contribution is 6.31. The van der Waals surface area contributed by atoms with E-state index in [1.807, 2.05) is 0 Å².